The molecule has 3 aromatic rings. The Balaban J connectivity index is 1.64. The molecule has 1 N–H and O–H groups in total. The van der Waals surface area contributed by atoms with E-state index in [2.05, 4.69) is 66.3 Å². The molecule has 4 nitrogen and oxygen atoms in total. The molecule has 0 atom stereocenters. The second kappa shape index (κ2) is 7.85. The minimum Gasteiger partial charge on any atom is -0.382 e. The van der Waals surface area contributed by atoms with Crippen molar-refractivity contribution in [3.05, 3.63) is 60.4 Å². The predicted octanol–water partition coefficient (Wildman–Crippen LogP) is 5.45. The van der Waals surface area contributed by atoms with Crippen molar-refractivity contribution >= 4 is 16.5 Å². The molecule has 4 heteroatoms. The SMILES string of the molecule is CC(C)(C)N1CCC(Nc2cc(-c3cccc(C#N)c3)cc3ccncc23)CC1. The Morgan fingerprint density at radius 2 is 1.86 bits per heavy atom. The van der Waals surface area contributed by atoms with Crippen LogP contribution in [0, 0.1) is 11.3 Å². The molecule has 29 heavy (non-hydrogen) atoms. The number of anilines is 1. The summed E-state index contributed by atoms with van der Waals surface area (Å²) in [6.45, 7) is 9.10. The fourth-order valence-corrected chi connectivity index (χ4v) is 4.17. The topological polar surface area (TPSA) is 52.0 Å². The van der Waals surface area contributed by atoms with E-state index in [0.717, 1.165) is 53.5 Å². The van der Waals surface area contributed by atoms with Crippen LogP contribution in [0.1, 0.15) is 39.2 Å². The van der Waals surface area contributed by atoms with Crippen LogP contribution in [0.5, 0.6) is 0 Å². The molecule has 1 fully saturated rings. The maximum absolute atomic E-state index is 9.26. The summed E-state index contributed by atoms with van der Waals surface area (Å²) >= 11 is 0. The summed E-state index contributed by atoms with van der Waals surface area (Å²) in [5, 5.41) is 15.4. The standard InChI is InChI=1S/C25H28N4/c1-25(2,3)29-11-8-22(9-12-29)28-24-15-21(14-20-7-10-27-17-23(20)24)19-6-4-5-18(13-19)16-26/h4-7,10,13-15,17,22,28H,8-9,11-12H2,1-3H3. The van der Waals surface area contributed by atoms with Crippen molar-refractivity contribution in [1.29, 1.82) is 5.26 Å². The van der Waals surface area contributed by atoms with E-state index in [-0.39, 0.29) is 5.54 Å². The van der Waals surface area contributed by atoms with E-state index in [4.69, 9.17) is 0 Å². The van der Waals surface area contributed by atoms with E-state index in [1.807, 2.05) is 30.6 Å². The van der Waals surface area contributed by atoms with Gasteiger partial charge >= 0.3 is 0 Å². The number of aromatic nitrogens is 1. The maximum atomic E-state index is 9.26. The predicted molar refractivity (Wildman–Crippen MR) is 120 cm³/mol. The first kappa shape index (κ1) is 19.4. The molecule has 1 aliphatic rings. The Kier molecular flexibility index (Phi) is 5.25. The minimum atomic E-state index is 0.229. The lowest BCUT2D eigenvalue weighted by Crippen LogP contribution is -2.48. The highest BCUT2D eigenvalue weighted by atomic mass is 15.2. The number of benzene rings is 2. The lowest BCUT2D eigenvalue weighted by Gasteiger charge is -2.41. The van der Waals surface area contributed by atoms with Gasteiger partial charge in [0.05, 0.1) is 11.6 Å². The number of nitrogens with one attached hydrogen (secondary N) is 1. The zero-order valence-corrected chi connectivity index (χ0v) is 17.4. The Hall–Kier alpha value is -2.90. The lowest BCUT2D eigenvalue weighted by molar-refractivity contribution is 0.106. The van der Waals surface area contributed by atoms with Gasteiger partial charge in [0.2, 0.25) is 0 Å². The van der Waals surface area contributed by atoms with Crippen molar-refractivity contribution in [2.24, 2.45) is 0 Å². The molecule has 148 valence electrons. The third kappa shape index (κ3) is 4.26. The normalized spacial score (nSPS) is 15.9. The number of hydrogen-bond donors (Lipinski definition) is 1. The number of pyridine rings is 1. The Morgan fingerprint density at radius 3 is 2.59 bits per heavy atom. The van der Waals surface area contributed by atoms with Gasteiger partial charge in [-0.2, -0.15) is 5.26 Å². The van der Waals surface area contributed by atoms with Crippen LogP contribution in [0.4, 0.5) is 5.69 Å². The molecule has 0 unspecified atom stereocenters. The van der Waals surface area contributed by atoms with Gasteiger partial charge in [0.15, 0.2) is 0 Å². The number of piperidine rings is 1. The van der Waals surface area contributed by atoms with E-state index in [0.29, 0.717) is 11.6 Å². The fraction of sp³-hybridized carbons (Fsp3) is 0.360. The molecule has 1 saturated heterocycles. The quantitative estimate of drug-likeness (QED) is 0.652. The van der Waals surface area contributed by atoms with Gasteiger partial charge in [0.25, 0.3) is 0 Å². The monoisotopic (exact) mass is 384 g/mol. The first-order chi connectivity index (χ1) is 13.9. The minimum absolute atomic E-state index is 0.229. The van der Waals surface area contributed by atoms with Gasteiger partial charge in [-0.15, -0.1) is 0 Å². The molecule has 2 aromatic carbocycles. The number of likely N-dealkylation sites (tertiary alicyclic amines) is 1. The summed E-state index contributed by atoms with van der Waals surface area (Å²) in [6.07, 6.45) is 6.04. The molecule has 0 saturated carbocycles. The van der Waals surface area contributed by atoms with Gasteiger partial charge in [0.1, 0.15) is 0 Å². The lowest BCUT2D eigenvalue weighted by atomic mass is 9.96. The van der Waals surface area contributed by atoms with E-state index < -0.39 is 0 Å². The summed E-state index contributed by atoms with van der Waals surface area (Å²) < 4.78 is 0. The van der Waals surface area contributed by atoms with Crippen LogP contribution in [0.2, 0.25) is 0 Å². The molecule has 1 aliphatic heterocycles. The highest BCUT2D eigenvalue weighted by Gasteiger charge is 2.27. The van der Waals surface area contributed by atoms with Crippen molar-refractivity contribution in [3.63, 3.8) is 0 Å². The largest absolute Gasteiger partial charge is 0.382 e. The van der Waals surface area contributed by atoms with Crippen LogP contribution < -0.4 is 5.32 Å². The average molecular weight is 385 g/mol. The van der Waals surface area contributed by atoms with Gasteiger partial charge in [-0.1, -0.05) is 12.1 Å². The van der Waals surface area contributed by atoms with E-state index in [1.54, 1.807) is 0 Å². The summed E-state index contributed by atoms with van der Waals surface area (Å²) in [5.74, 6) is 0. The Bertz CT molecular complexity index is 1050. The van der Waals surface area contributed by atoms with Crippen LogP contribution in [-0.4, -0.2) is 34.6 Å². The zero-order chi connectivity index (χ0) is 20.4. The highest BCUT2D eigenvalue weighted by molar-refractivity contribution is 5.97. The molecule has 0 bridgehead atoms. The molecule has 0 amide bonds. The molecular weight excluding hydrogens is 356 g/mol. The summed E-state index contributed by atoms with van der Waals surface area (Å²) in [6, 6.07) is 16.9. The van der Waals surface area contributed by atoms with Gasteiger partial charge in [-0.3, -0.25) is 9.88 Å². The second-order valence-electron chi connectivity index (χ2n) is 8.89. The highest BCUT2D eigenvalue weighted by Crippen LogP contribution is 2.32. The molecular formula is C25H28N4. The van der Waals surface area contributed by atoms with Crippen molar-refractivity contribution in [3.8, 4) is 17.2 Å². The fourth-order valence-electron chi connectivity index (χ4n) is 4.17. The first-order valence-corrected chi connectivity index (χ1v) is 10.3. The van der Waals surface area contributed by atoms with Crippen molar-refractivity contribution < 1.29 is 0 Å². The van der Waals surface area contributed by atoms with E-state index >= 15 is 0 Å². The van der Waals surface area contributed by atoms with Crippen LogP contribution >= 0.6 is 0 Å². The van der Waals surface area contributed by atoms with Crippen molar-refractivity contribution in [1.82, 2.24) is 9.88 Å². The first-order valence-electron chi connectivity index (χ1n) is 10.3. The second-order valence-corrected chi connectivity index (χ2v) is 8.89. The van der Waals surface area contributed by atoms with Gasteiger partial charge in [0, 0.05) is 48.1 Å². The summed E-state index contributed by atoms with van der Waals surface area (Å²) in [5.41, 5.74) is 4.22. The molecule has 0 aliphatic carbocycles. The maximum Gasteiger partial charge on any atom is 0.0991 e. The summed E-state index contributed by atoms with van der Waals surface area (Å²) in [4.78, 5) is 6.91. The molecule has 4 rings (SSSR count). The van der Waals surface area contributed by atoms with Crippen LogP contribution in [0.3, 0.4) is 0 Å². The number of hydrogen-bond acceptors (Lipinski definition) is 4. The van der Waals surface area contributed by atoms with E-state index in [1.165, 1.54) is 0 Å². The number of rotatable bonds is 3. The number of fused-ring (bicyclic) bond motifs is 1. The third-order valence-electron chi connectivity index (χ3n) is 5.88. The van der Waals surface area contributed by atoms with Crippen molar-refractivity contribution in [2.45, 2.75) is 45.2 Å². The third-order valence-corrected chi connectivity index (χ3v) is 5.88. The number of nitriles is 1. The molecule has 2 heterocycles. The van der Waals surface area contributed by atoms with Crippen molar-refractivity contribution in [2.75, 3.05) is 18.4 Å². The zero-order valence-electron chi connectivity index (χ0n) is 17.4. The van der Waals surface area contributed by atoms with Crippen LogP contribution in [-0.2, 0) is 0 Å². The van der Waals surface area contributed by atoms with E-state index in [9.17, 15) is 5.26 Å². The Labute approximate surface area is 173 Å². The smallest absolute Gasteiger partial charge is 0.0991 e. The van der Waals surface area contributed by atoms with Gasteiger partial charge in [-0.25, -0.2) is 0 Å². The van der Waals surface area contributed by atoms with Crippen LogP contribution in [0.25, 0.3) is 21.9 Å². The molecule has 1 aromatic heterocycles. The van der Waals surface area contributed by atoms with Gasteiger partial charge < -0.3 is 5.32 Å². The van der Waals surface area contributed by atoms with Crippen LogP contribution in [0.15, 0.2) is 54.9 Å². The molecule has 0 radical (unpaired) electrons. The van der Waals surface area contributed by atoms with Gasteiger partial charge in [-0.05, 0) is 80.5 Å². The number of nitrogens with zero attached hydrogens (tertiary/aromatic N) is 3. The molecule has 0 spiro atoms. The average Bonchev–Trinajstić information content (AvgIpc) is 2.73. The Morgan fingerprint density at radius 1 is 1.07 bits per heavy atom. The summed E-state index contributed by atoms with van der Waals surface area (Å²) in [7, 11) is 0.